The fourth-order valence-corrected chi connectivity index (χ4v) is 1.87. The molecule has 1 aliphatic carbocycles. The Kier molecular flexibility index (Phi) is 2.64. The third-order valence-electron chi connectivity index (χ3n) is 2.10. The molecule has 1 aromatic rings. The van der Waals surface area contributed by atoms with Crippen molar-refractivity contribution in [1.29, 1.82) is 0 Å². The van der Waals surface area contributed by atoms with Crippen molar-refractivity contribution >= 4 is 16.3 Å². The molecular weight excluding hydrogens is 232 g/mol. The fraction of sp³-hybridized carbons (Fsp3) is 0.333. The second kappa shape index (κ2) is 3.84. The minimum Gasteiger partial charge on any atom is -0.489 e. The Morgan fingerprint density at radius 1 is 1.50 bits per heavy atom. The number of nitrogens with zero attached hydrogens (tertiary/aromatic N) is 1. The highest BCUT2D eigenvalue weighted by molar-refractivity contribution is 7.89. The lowest BCUT2D eigenvalue weighted by atomic mass is 10.3. The number of primary sulfonamides is 1. The molecule has 0 radical (unpaired) electrons. The van der Waals surface area contributed by atoms with Gasteiger partial charge in [-0.05, 0) is 12.8 Å². The molecule has 1 aromatic heterocycles. The summed E-state index contributed by atoms with van der Waals surface area (Å²) in [6, 6.07) is 1.23. The number of hydrogen-bond acceptors (Lipinski definition) is 5. The van der Waals surface area contributed by atoms with E-state index >= 15 is 0 Å². The molecule has 2 rings (SSSR count). The molecule has 86 valence electrons. The lowest BCUT2D eigenvalue weighted by Gasteiger charge is -2.06. The molecule has 0 unspecified atom stereocenters. The molecule has 0 aliphatic heterocycles. The first kappa shape index (κ1) is 11.0. The van der Waals surface area contributed by atoms with E-state index in [4.69, 9.17) is 9.88 Å². The van der Waals surface area contributed by atoms with Crippen LogP contribution in [0, 0.1) is 0 Å². The van der Waals surface area contributed by atoms with Crippen LogP contribution in [-0.2, 0) is 10.0 Å². The molecule has 0 amide bonds. The van der Waals surface area contributed by atoms with E-state index in [1.807, 2.05) is 0 Å². The van der Waals surface area contributed by atoms with Crippen molar-refractivity contribution in [3.8, 4) is 5.75 Å². The van der Waals surface area contributed by atoms with Crippen LogP contribution < -0.4 is 9.88 Å². The maximum Gasteiger partial charge on any atom is 0.240 e. The lowest BCUT2D eigenvalue weighted by Crippen LogP contribution is -2.15. The number of ether oxygens (including phenoxy) is 1. The third kappa shape index (κ3) is 2.37. The van der Waals surface area contributed by atoms with Crippen molar-refractivity contribution in [2.75, 3.05) is 0 Å². The Bertz CT molecular complexity index is 522. The standard InChI is InChI=1S/C9H10N2O4S/c10-16(13,14)9-3-7(15-6-1-2-6)4-11-8(9)5-12/h3-6H,1-2H2,(H2,10,13,14). The summed E-state index contributed by atoms with van der Waals surface area (Å²) in [6.07, 6.45) is 3.68. The number of aromatic nitrogens is 1. The summed E-state index contributed by atoms with van der Waals surface area (Å²) in [6.45, 7) is 0. The molecule has 7 heteroatoms. The second-order valence-corrected chi connectivity index (χ2v) is 5.06. The van der Waals surface area contributed by atoms with Crippen LogP contribution in [0.2, 0.25) is 0 Å². The molecule has 1 aliphatic rings. The average Bonchev–Trinajstić information content (AvgIpc) is 3.00. The summed E-state index contributed by atoms with van der Waals surface area (Å²) in [5.41, 5.74) is -0.203. The zero-order chi connectivity index (χ0) is 11.8. The van der Waals surface area contributed by atoms with E-state index in [-0.39, 0.29) is 16.7 Å². The molecule has 0 spiro atoms. The summed E-state index contributed by atoms with van der Waals surface area (Å²) in [5.74, 6) is 0.317. The quantitative estimate of drug-likeness (QED) is 0.754. The monoisotopic (exact) mass is 242 g/mol. The number of pyridine rings is 1. The highest BCUT2D eigenvalue weighted by atomic mass is 32.2. The number of rotatable bonds is 4. The average molecular weight is 242 g/mol. The first-order chi connectivity index (χ1) is 7.50. The Hall–Kier alpha value is -1.47. The Labute approximate surface area is 92.5 Å². The van der Waals surface area contributed by atoms with E-state index in [9.17, 15) is 13.2 Å². The zero-order valence-electron chi connectivity index (χ0n) is 8.29. The molecule has 6 nitrogen and oxygen atoms in total. The van der Waals surface area contributed by atoms with Crippen LogP contribution in [0.25, 0.3) is 0 Å². The number of aldehydes is 1. The van der Waals surface area contributed by atoms with Gasteiger partial charge in [-0.15, -0.1) is 0 Å². The van der Waals surface area contributed by atoms with E-state index in [0.717, 1.165) is 12.8 Å². The van der Waals surface area contributed by atoms with Gasteiger partial charge >= 0.3 is 0 Å². The number of nitrogens with two attached hydrogens (primary N) is 1. The molecule has 1 heterocycles. The highest BCUT2D eigenvalue weighted by Gasteiger charge is 2.25. The number of hydrogen-bond donors (Lipinski definition) is 1. The summed E-state index contributed by atoms with van der Waals surface area (Å²) in [5, 5.41) is 4.97. The first-order valence-corrected chi connectivity index (χ1v) is 6.20. The molecule has 1 fully saturated rings. The minimum absolute atomic E-state index is 0.122. The van der Waals surface area contributed by atoms with Gasteiger partial charge in [0.1, 0.15) is 16.3 Å². The smallest absolute Gasteiger partial charge is 0.240 e. The second-order valence-electron chi connectivity index (χ2n) is 3.53. The van der Waals surface area contributed by atoms with Gasteiger partial charge in [0.2, 0.25) is 10.0 Å². The van der Waals surface area contributed by atoms with E-state index in [0.29, 0.717) is 12.0 Å². The Balaban J connectivity index is 2.41. The number of carbonyl (C=O) groups is 1. The Morgan fingerprint density at radius 3 is 2.69 bits per heavy atom. The summed E-state index contributed by atoms with van der Waals surface area (Å²) in [7, 11) is -3.96. The number of carbonyl (C=O) groups excluding carboxylic acids is 1. The SMILES string of the molecule is NS(=O)(=O)c1cc(OC2CC2)cnc1C=O. The van der Waals surface area contributed by atoms with Gasteiger partial charge in [-0.25, -0.2) is 18.5 Å². The van der Waals surface area contributed by atoms with Crippen LogP contribution in [0.1, 0.15) is 23.3 Å². The van der Waals surface area contributed by atoms with Crippen LogP contribution in [0.3, 0.4) is 0 Å². The maximum atomic E-state index is 11.2. The van der Waals surface area contributed by atoms with Gasteiger partial charge in [0, 0.05) is 6.07 Å². The van der Waals surface area contributed by atoms with E-state index < -0.39 is 10.0 Å². The predicted molar refractivity (Wildman–Crippen MR) is 54.6 cm³/mol. The van der Waals surface area contributed by atoms with Gasteiger partial charge in [-0.1, -0.05) is 0 Å². The van der Waals surface area contributed by atoms with E-state index in [1.54, 1.807) is 0 Å². The lowest BCUT2D eigenvalue weighted by molar-refractivity contribution is 0.111. The van der Waals surface area contributed by atoms with Crippen molar-refractivity contribution in [2.45, 2.75) is 23.8 Å². The van der Waals surface area contributed by atoms with Crippen molar-refractivity contribution in [3.05, 3.63) is 18.0 Å². The van der Waals surface area contributed by atoms with Crippen molar-refractivity contribution in [1.82, 2.24) is 4.98 Å². The topological polar surface area (TPSA) is 99.3 Å². The summed E-state index contributed by atoms with van der Waals surface area (Å²) >= 11 is 0. The molecule has 0 atom stereocenters. The molecular formula is C9H10N2O4S. The summed E-state index contributed by atoms with van der Waals surface area (Å²) in [4.78, 5) is 14.0. The molecule has 0 aromatic carbocycles. The van der Waals surface area contributed by atoms with Gasteiger partial charge in [-0.3, -0.25) is 4.79 Å². The van der Waals surface area contributed by atoms with Crippen LogP contribution in [0.5, 0.6) is 5.75 Å². The molecule has 16 heavy (non-hydrogen) atoms. The third-order valence-corrected chi connectivity index (χ3v) is 3.04. The summed E-state index contributed by atoms with van der Waals surface area (Å²) < 4.78 is 27.7. The van der Waals surface area contributed by atoms with E-state index in [2.05, 4.69) is 4.98 Å². The maximum absolute atomic E-state index is 11.2. The first-order valence-electron chi connectivity index (χ1n) is 4.65. The van der Waals surface area contributed by atoms with Crippen LogP contribution in [0.4, 0.5) is 0 Å². The van der Waals surface area contributed by atoms with Gasteiger partial charge < -0.3 is 4.74 Å². The fourth-order valence-electron chi connectivity index (χ4n) is 1.20. The van der Waals surface area contributed by atoms with Crippen molar-refractivity contribution in [3.63, 3.8) is 0 Å². The Morgan fingerprint density at radius 2 is 2.19 bits per heavy atom. The number of sulfonamides is 1. The van der Waals surface area contributed by atoms with Gasteiger partial charge in [-0.2, -0.15) is 0 Å². The van der Waals surface area contributed by atoms with Crippen LogP contribution in [0.15, 0.2) is 17.2 Å². The zero-order valence-corrected chi connectivity index (χ0v) is 9.11. The molecule has 0 bridgehead atoms. The molecule has 0 saturated heterocycles. The largest absolute Gasteiger partial charge is 0.489 e. The normalized spacial score (nSPS) is 15.8. The van der Waals surface area contributed by atoms with Crippen LogP contribution in [-0.4, -0.2) is 25.8 Å². The van der Waals surface area contributed by atoms with Crippen molar-refractivity contribution in [2.24, 2.45) is 5.14 Å². The van der Waals surface area contributed by atoms with E-state index in [1.165, 1.54) is 12.3 Å². The molecule has 1 saturated carbocycles. The van der Waals surface area contributed by atoms with Gasteiger partial charge in [0.25, 0.3) is 0 Å². The highest BCUT2D eigenvalue weighted by Crippen LogP contribution is 2.27. The van der Waals surface area contributed by atoms with Crippen LogP contribution >= 0.6 is 0 Å². The minimum atomic E-state index is -3.96. The predicted octanol–water partition coefficient (Wildman–Crippen LogP) is 0.0827. The van der Waals surface area contributed by atoms with Gasteiger partial charge in [0.15, 0.2) is 6.29 Å². The van der Waals surface area contributed by atoms with Gasteiger partial charge in [0.05, 0.1) is 12.3 Å². The van der Waals surface area contributed by atoms with Crippen molar-refractivity contribution < 1.29 is 17.9 Å². The molecule has 2 N–H and O–H groups in total.